The highest BCUT2D eigenvalue weighted by atomic mass is 35.5. The second-order valence-corrected chi connectivity index (χ2v) is 7.63. The van der Waals surface area contributed by atoms with Gasteiger partial charge in [0.15, 0.2) is 5.72 Å². The van der Waals surface area contributed by atoms with E-state index < -0.39 is 5.72 Å². The lowest BCUT2D eigenvalue weighted by atomic mass is 10.1. The third-order valence-corrected chi connectivity index (χ3v) is 6.03. The molecule has 3 fully saturated rings. The summed E-state index contributed by atoms with van der Waals surface area (Å²) < 4.78 is 6.46. The van der Waals surface area contributed by atoms with Gasteiger partial charge in [-0.05, 0) is 17.7 Å². The molecule has 1 spiro atoms. The van der Waals surface area contributed by atoms with Gasteiger partial charge in [0.2, 0.25) is 5.91 Å². The van der Waals surface area contributed by atoms with E-state index in [-0.39, 0.29) is 24.0 Å². The number of aromatic nitrogens is 1. The van der Waals surface area contributed by atoms with Crippen LogP contribution < -0.4 is 0 Å². The van der Waals surface area contributed by atoms with Crippen molar-refractivity contribution in [3.63, 3.8) is 0 Å². The maximum absolute atomic E-state index is 13.0. The molecular weight excluding hydrogens is 366 g/mol. The Kier molecular flexibility index (Phi) is 3.74. The first kappa shape index (κ1) is 16.7. The number of nitrogens with zero attached hydrogens (tertiary/aromatic N) is 3. The first-order chi connectivity index (χ1) is 13.1. The van der Waals surface area contributed by atoms with Crippen molar-refractivity contribution < 1.29 is 14.3 Å². The topological polar surface area (TPSA) is 62.7 Å². The lowest BCUT2D eigenvalue weighted by Crippen LogP contribution is -2.48. The molecule has 3 aliphatic rings. The smallest absolute Gasteiger partial charge is 0.272 e. The van der Waals surface area contributed by atoms with Gasteiger partial charge in [-0.2, -0.15) is 0 Å². The average Bonchev–Trinajstić information content (AvgIpc) is 3.31. The van der Waals surface area contributed by atoms with Crippen molar-refractivity contribution in [3.8, 4) is 0 Å². The molecule has 6 nitrogen and oxygen atoms in total. The zero-order valence-electron chi connectivity index (χ0n) is 14.5. The molecule has 0 bridgehead atoms. The van der Waals surface area contributed by atoms with Crippen molar-refractivity contribution >= 4 is 23.4 Å². The fourth-order valence-corrected chi connectivity index (χ4v) is 4.67. The molecule has 2 amide bonds. The van der Waals surface area contributed by atoms with Crippen molar-refractivity contribution in [2.75, 3.05) is 13.1 Å². The molecule has 3 saturated heterocycles. The minimum absolute atomic E-state index is 0.0417. The van der Waals surface area contributed by atoms with Gasteiger partial charge >= 0.3 is 0 Å². The van der Waals surface area contributed by atoms with Crippen molar-refractivity contribution in [1.82, 2.24) is 14.8 Å². The van der Waals surface area contributed by atoms with Crippen LogP contribution in [-0.2, 0) is 9.53 Å². The van der Waals surface area contributed by atoms with E-state index in [0.717, 1.165) is 5.56 Å². The summed E-state index contributed by atoms with van der Waals surface area (Å²) in [5.41, 5.74) is 0.663. The molecule has 0 N–H and O–H groups in total. The van der Waals surface area contributed by atoms with Crippen LogP contribution in [0, 0.1) is 0 Å². The summed E-state index contributed by atoms with van der Waals surface area (Å²) in [4.78, 5) is 33.4. The minimum atomic E-state index is -0.723. The maximum atomic E-state index is 13.0. The van der Waals surface area contributed by atoms with Gasteiger partial charge in [-0.15, -0.1) is 0 Å². The van der Waals surface area contributed by atoms with Crippen LogP contribution in [0.15, 0.2) is 48.7 Å². The number of amides is 2. The maximum Gasteiger partial charge on any atom is 0.272 e. The zero-order chi connectivity index (χ0) is 18.6. The Morgan fingerprint density at radius 1 is 1.22 bits per heavy atom. The van der Waals surface area contributed by atoms with Gasteiger partial charge < -0.3 is 14.5 Å². The molecule has 5 rings (SSSR count). The Morgan fingerprint density at radius 3 is 2.78 bits per heavy atom. The van der Waals surface area contributed by atoms with Crippen LogP contribution in [0.4, 0.5) is 0 Å². The van der Waals surface area contributed by atoms with Gasteiger partial charge in [-0.1, -0.05) is 41.9 Å². The van der Waals surface area contributed by atoms with Crippen LogP contribution >= 0.6 is 11.6 Å². The number of pyridine rings is 1. The van der Waals surface area contributed by atoms with E-state index in [1.165, 1.54) is 6.20 Å². The van der Waals surface area contributed by atoms with E-state index >= 15 is 0 Å². The highest BCUT2D eigenvalue weighted by Crippen LogP contribution is 2.50. The molecule has 1 aromatic carbocycles. The van der Waals surface area contributed by atoms with Crippen molar-refractivity contribution in [2.24, 2.45) is 0 Å². The van der Waals surface area contributed by atoms with Crippen molar-refractivity contribution in [1.29, 1.82) is 0 Å². The number of likely N-dealkylation sites (tertiary alicyclic amines) is 1. The van der Waals surface area contributed by atoms with Crippen LogP contribution in [-0.4, -0.2) is 51.5 Å². The van der Waals surface area contributed by atoms with Crippen LogP contribution in [0.2, 0.25) is 5.02 Å². The third kappa shape index (κ3) is 2.47. The molecule has 4 heterocycles. The van der Waals surface area contributed by atoms with E-state index in [4.69, 9.17) is 16.3 Å². The van der Waals surface area contributed by atoms with Crippen molar-refractivity contribution in [3.05, 3.63) is 64.9 Å². The first-order valence-corrected chi connectivity index (χ1v) is 9.42. The molecule has 0 unspecified atom stereocenters. The van der Waals surface area contributed by atoms with Gasteiger partial charge in [0.25, 0.3) is 5.91 Å². The third-order valence-electron chi connectivity index (χ3n) is 5.81. The van der Waals surface area contributed by atoms with E-state index in [2.05, 4.69) is 4.98 Å². The van der Waals surface area contributed by atoms with Crippen LogP contribution in [0.5, 0.6) is 0 Å². The lowest BCUT2D eigenvalue weighted by Gasteiger charge is -2.31. The molecule has 2 aromatic rings. The van der Waals surface area contributed by atoms with Gasteiger partial charge in [0.1, 0.15) is 11.8 Å². The standard InChI is InChI=1S/C20H18ClN3O3/c21-14-6-7-15(22-11-14)19(26)23-9-8-20-17(23)10-18(25)24(20)12-16(27-20)13-4-2-1-3-5-13/h1-7,11,16-17H,8-10,12H2/t16-,17-,20+/m1/s1. The Bertz CT molecular complexity index is 904. The normalized spacial score (nSPS) is 29.1. The fourth-order valence-electron chi connectivity index (χ4n) is 4.56. The summed E-state index contributed by atoms with van der Waals surface area (Å²) in [6.07, 6.45) is 2.21. The number of ether oxygens (including phenoxy) is 1. The van der Waals surface area contributed by atoms with Gasteiger partial charge in [0.05, 0.1) is 24.0 Å². The number of hydrogen-bond acceptors (Lipinski definition) is 4. The number of carbonyl (C=O) groups is 2. The van der Waals surface area contributed by atoms with Crippen LogP contribution in [0.25, 0.3) is 0 Å². The summed E-state index contributed by atoms with van der Waals surface area (Å²) in [5, 5.41) is 0.483. The number of hydrogen-bond donors (Lipinski definition) is 0. The summed E-state index contributed by atoms with van der Waals surface area (Å²) in [6.45, 7) is 1.07. The summed E-state index contributed by atoms with van der Waals surface area (Å²) in [6, 6.07) is 12.9. The SMILES string of the molecule is O=C(c1ccc(Cl)cn1)N1CC[C@@]23O[C@@H](c4ccccc4)CN2C(=O)C[C@@H]13. The minimum Gasteiger partial charge on any atom is -0.343 e. The average molecular weight is 384 g/mol. The molecule has 3 aliphatic heterocycles. The van der Waals surface area contributed by atoms with Gasteiger partial charge in [0, 0.05) is 19.2 Å². The summed E-state index contributed by atoms with van der Waals surface area (Å²) in [5.74, 6) is -0.144. The Balaban J connectivity index is 1.44. The lowest BCUT2D eigenvalue weighted by molar-refractivity contribution is -0.138. The molecule has 3 atom stereocenters. The number of benzene rings is 1. The second kappa shape index (κ2) is 6.04. The van der Waals surface area contributed by atoms with Gasteiger partial charge in [-0.25, -0.2) is 4.98 Å². The number of rotatable bonds is 2. The Labute approximate surface area is 161 Å². The number of halogens is 1. The predicted octanol–water partition coefficient (Wildman–Crippen LogP) is 2.65. The molecule has 138 valence electrons. The molecular formula is C20H18ClN3O3. The predicted molar refractivity (Wildman–Crippen MR) is 98.0 cm³/mol. The Morgan fingerprint density at radius 2 is 2.04 bits per heavy atom. The highest BCUT2D eigenvalue weighted by Gasteiger charge is 2.65. The molecule has 0 saturated carbocycles. The Hall–Kier alpha value is -2.44. The first-order valence-electron chi connectivity index (χ1n) is 9.04. The van der Waals surface area contributed by atoms with Crippen LogP contribution in [0.1, 0.15) is 35.0 Å². The molecule has 0 aliphatic carbocycles. The molecule has 27 heavy (non-hydrogen) atoms. The van der Waals surface area contributed by atoms with Gasteiger partial charge in [-0.3, -0.25) is 9.59 Å². The van der Waals surface area contributed by atoms with E-state index in [1.807, 2.05) is 35.2 Å². The van der Waals surface area contributed by atoms with E-state index in [0.29, 0.717) is 36.6 Å². The van der Waals surface area contributed by atoms with E-state index in [9.17, 15) is 9.59 Å². The highest BCUT2D eigenvalue weighted by molar-refractivity contribution is 6.30. The zero-order valence-corrected chi connectivity index (χ0v) is 15.3. The number of carbonyl (C=O) groups excluding carboxylic acids is 2. The molecule has 0 radical (unpaired) electrons. The van der Waals surface area contributed by atoms with Crippen molar-refractivity contribution in [2.45, 2.75) is 30.7 Å². The molecule has 7 heteroatoms. The second-order valence-electron chi connectivity index (χ2n) is 7.20. The summed E-state index contributed by atoms with van der Waals surface area (Å²) >= 11 is 5.87. The van der Waals surface area contributed by atoms with Crippen LogP contribution in [0.3, 0.4) is 0 Å². The summed E-state index contributed by atoms with van der Waals surface area (Å²) in [7, 11) is 0. The van der Waals surface area contributed by atoms with E-state index in [1.54, 1.807) is 17.0 Å². The molecule has 1 aromatic heterocycles. The largest absolute Gasteiger partial charge is 0.343 e. The fraction of sp³-hybridized carbons (Fsp3) is 0.350. The quantitative estimate of drug-likeness (QED) is 0.799. The monoisotopic (exact) mass is 383 g/mol.